The van der Waals surface area contributed by atoms with Gasteiger partial charge >= 0.3 is 0 Å². The average molecular weight is 277 g/mol. The van der Waals surface area contributed by atoms with Crippen LogP contribution in [0.3, 0.4) is 0 Å². The molecule has 2 N–H and O–H groups in total. The molecule has 5 rings (SSSR count). The maximum atomic E-state index is 4.58. The monoisotopic (exact) mass is 277 g/mol. The van der Waals surface area contributed by atoms with Crippen LogP contribution in [0.4, 0.5) is 0 Å². The number of aryl methyl sites for hydroxylation is 1. The molecule has 1 aromatic rings. The van der Waals surface area contributed by atoms with Crippen molar-refractivity contribution in [2.24, 2.45) is 23.2 Å². The highest BCUT2D eigenvalue weighted by Crippen LogP contribution is 2.59. The van der Waals surface area contributed by atoms with E-state index in [1.165, 1.54) is 36.5 Å². The first-order chi connectivity index (χ1) is 9.21. The SMILES string of the molecule is Cc1nc(C[NH2+]CC23CC4CC(CC(C4)C2)C3)cs1. The van der Waals surface area contributed by atoms with E-state index in [0.29, 0.717) is 5.41 Å². The van der Waals surface area contributed by atoms with Gasteiger partial charge in [-0.3, -0.25) is 0 Å². The minimum Gasteiger partial charge on any atom is -0.341 e. The van der Waals surface area contributed by atoms with Crippen molar-refractivity contribution >= 4 is 11.3 Å². The second-order valence-electron chi connectivity index (χ2n) is 7.47. The van der Waals surface area contributed by atoms with Gasteiger partial charge in [0.25, 0.3) is 0 Å². The molecule has 0 unspecified atom stereocenters. The number of aromatic nitrogens is 1. The summed E-state index contributed by atoms with van der Waals surface area (Å²) < 4.78 is 0. The first-order valence-electron chi connectivity index (χ1n) is 7.93. The van der Waals surface area contributed by atoms with E-state index >= 15 is 0 Å². The normalized spacial score (nSPS) is 39.9. The zero-order valence-electron chi connectivity index (χ0n) is 11.9. The van der Waals surface area contributed by atoms with Crippen molar-refractivity contribution in [1.29, 1.82) is 0 Å². The Balaban J connectivity index is 1.37. The molecule has 4 saturated carbocycles. The molecule has 0 atom stereocenters. The summed E-state index contributed by atoms with van der Waals surface area (Å²) in [4.78, 5) is 4.58. The van der Waals surface area contributed by atoms with E-state index in [9.17, 15) is 0 Å². The zero-order chi connectivity index (χ0) is 12.9. The highest BCUT2D eigenvalue weighted by Gasteiger charge is 2.51. The van der Waals surface area contributed by atoms with Crippen molar-refractivity contribution in [2.45, 2.75) is 52.0 Å². The van der Waals surface area contributed by atoms with E-state index in [1.807, 2.05) is 0 Å². The van der Waals surface area contributed by atoms with E-state index in [4.69, 9.17) is 0 Å². The fraction of sp³-hybridized carbons (Fsp3) is 0.812. The van der Waals surface area contributed by atoms with E-state index in [0.717, 1.165) is 24.3 Å². The molecule has 4 bridgehead atoms. The van der Waals surface area contributed by atoms with Crippen LogP contribution in [0.25, 0.3) is 0 Å². The van der Waals surface area contributed by atoms with Crippen LogP contribution in [0.2, 0.25) is 0 Å². The first kappa shape index (κ1) is 12.3. The maximum absolute atomic E-state index is 4.58. The minimum atomic E-state index is 0.708. The predicted octanol–water partition coefficient (Wildman–Crippen LogP) is 2.73. The van der Waals surface area contributed by atoms with Crippen molar-refractivity contribution in [1.82, 2.24) is 4.98 Å². The number of nitrogens with zero attached hydrogens (tertiary/aromatic N) is 1. The lowest BCUT2D eigenvalue weighted by atomic mass is 9.49. The molecule has 0 saturated heterocycles. The summed E-state index contributed by atoms with van der Waals surface area (Å²) in [7, 11) is 0. The smallest absolute Gasteiger partial charge is 0.119 e. The zero-order valence-corrected chi connectivity index (χ0v) is 12.7. The van der Waals surface area contributed by atoms with Gasteiger partial charge in [0.15, 0.2) is 0 Å². The van der Waals surface area contributed by atoms with Gasteiger partial charge in [0, 0.05) is 10.8 Å². The Bertz CT molecular complexity index is 430. The Morgan fingerprint density at radius 1 is 1.21 bits per heavy atom. The van der Waals surface area contributed by atoms with Gasteiger partial charge in [-0.05, 0) is 63.2 Å². The van der Waals surface area contributed by atoms with E-state index in [1.54, 1.807) is 30.6 Å². The molecule has 0 spiro atoms. The lowest BCUT2D eigenvalue weighted by Gasteiger charge is -2.55. The van der Waals surface area contributed by atoms with Crippen LogP contribution in [-0.2, 0) is 6.54 Å². The van der Waals surface area contributed by atoms with Gasteiger partial charge in [0.05, 0.1) is 11.6 Å². The number of hydrogen-bond donors (Lipinski definition) is 1. The molecule has 0 radical (unpaired) electrons. The molecule has 1 aromatic heterocycles. The molecule has 0 aliphatic heterocycles. The lowest BCUT2D eigenvalue weighted by Crippen LogP contribution is -2.86. The molecular formula is C16H25N2S+. The van der Waals surface area contributed by atoms with Crippen molar-refractivity contribution in [2.75, 3.05) is 6.54 Å². The second-order valence-corrected chi connectivity index (χ2v) is 8.53. The summed E-state index contributed by atoms with van der Waals surface area (Å²) in [5, 5.41) is 5.98. The predicted molar refractivity (Wildman–Crippen MR) is 78.0 cm³/mol. The quantitative estimate of drug-likeness (QED) is 0.901. The number of thiazole rings is 1. The third-order valence-corrected chi connectivity index (χ3v) is 6.58. The Labute approximate surface area is 120 Å². The molecule has 0 aromatic carbocycles. The van der Waals surface area contributed by atoms with E-state index < -0.39 is 0 Å². The summed E-state index contributed by atoms with van der Waals surface area (Å²) in [6.45, 7) is 4.55. The first-order valence-corrected chi connectivity index (χ1v) is 8.81. The van der Waals surface area contributed by atoms with Crippen LogP contribution >= 0.6 is 11.3 Å². The van der Waals surface area contributed by atoms with Gasteiger partial charge in [-0.1, -0.05) is 0 Å². The number of hydrogen-bond acceptors (Lipinski definition) is 2. The fourth-order valence-electron chi connectivity index (χ4n) is 5.57. The topological polar surface area (TPSA) is 29.5 Å². The van der Waals surface area contributed by atoms with E-state index in [-0.39, 0.29) is 0 Å². The largest absolute Gasteiger partial charge is 0.341 e. The van der Waals surface area contributed by atoms with Gasteiger partial charge in [-0.2, -0.15) is 0 Å². The molecule has 4 aliphatic rings. The van der Waals surface area contributed by atoms with Crippen molar-refractivity contribution < 1.29 is 5.32 Å². The maximum Gasteiger partial charge on any atom is 0.119 e. The Morgan fingerprint density at radius 3 is 2.37 bits per heavy atom. The molecular weight excluding hydrogens is 252 g/mol. The summed E-state index contributed by atoms with van der Waals surface area (Å²) in [5.41, 5.74) is 1.99. The van der Waals surface area contributed by atoms with Gasteiger partial charge in [-0.25, -0.2) is 4.98 Å². The molecule has 4 fully saturated rings. The van der Waals surface area contributed by atoms with Crippen molar-refractivity contribution in [3.8, 4) is 0 Å². The number of rotatable bonds is 4. The van der Waals surface area contributed by atoms with Gasteiger partial charge in [0.1, 0.15) is 12.2 Å². The minimum absolute atomic E-state index is 0.708. The number of quaternary nitrogens is 1. The average Bonchev–Trinajstić information content (AvgIpc) is 2.73. The lowest BCUT2D eigenvalue weighted by molar-refractivity contribution is -0.684. The summed E-state index contributed by atoms with van der Waals surface area (Å²) >= 11 is 1.78. The van der Waals surface area contributed by atoms with Crippen LogP contribution in [0, 0.1) is 30.1 Å². The fourth-order valence-corrected chi connectivity index (χ4v) is 6.19. The molecule has 2 nitrogen and oxygen atoms in total. The van der Waals surface area contributed by atoms with Gasteiger partial charge in [0.2, 0.25) is 0 Å². The molecule has 1 heterocycles. The highest BCUT2D eigenvalue weighted by molar-refractivity contribution is 7.09. The summed E-state index contributed by atoms with van der Waals surface area (Å²) in [6.07, 6.45) is 9.28. The van der Waals surface area contributed by atoms with E-state index in [2.05, 4.69) is 22.6 Å². The second kappa shape index (κ2) is 4.56. The third kappa shape index (κ3) is 2.36. The van der Waals surface area contributed by atoms with Crippen LogP contribution in [0.1, 0.15) is 49.2 Å². The summed E-state index contributed by atoms with van der Waals surface area (Å²) in [6, 6.07) is 0. The molecule has 4 aliphatic carbocycles. The molecule has 0 amide bonds. The van der Waals surface area contributed by atoms with Gasteiger partial charge < -0.3 is 5.32 Å². The number of nitrogens with two attached hydrogens (primary N) is 1. The third-order valence-electron chi connectivity index (χ3n) is 5.76. The highest BCUT2D eigenvalue weighted by atomic mass is 32.1. The van der Waals surface area contributed by atoms with Crippen LogP contribution < -0.4 is 5.32 Å². The van der Waals surface area contributed by atoms with Gasteiger partial charge in [-0.15, -0.1) is 11.3 Å². The van der Waals surface area contributed by atoms with Crippen molar-refractivity contribution in [3.05, 3.63) is 16.1 Å². The molecule has 104 valence electrons. The molecule has 19 heavy (non-hydrogen) atoms. The molecule has 3 heteroatoms. The summed E-state index contributed by atoms with van der Waals surface area (Å²) in [5.74, 6) is 3.25. The van der Waals surface area contributed by atoms with Crippen molar-refractivity contribution in [3.63, 3.8) is 0 Å². The van der Waals surface area contributed by atoms with Crippen LogP contribution in [0.5, 0.6) is 0 Å². The Morgan fingerprint density at radius 2 is 1.84 bits per heavy atom. The van der Waals surface area contributed by atoms with Crippen LogP contribution in [0.15, 0.2) is 5.38 Å². The standard InChI is InChI=1S/C16H24N2S/c1-11-18-15(9-19-11)8-17-10-16-5-12-2-13(6-16)4-14(3-12)7-16/h9,12-14,17H,2-8,10H2,1H3/p+1. The Kier molecular flexibility index (Phi) is 2.96. The van der Waals surface area contributed by atoms with Crippen LogP contribution in [-0.4, -0.2) is 11.5 Å². The Hall–Kier alpha value is -0.410.